The highest BCUT2D eigenvalue weighted by molar-refractivity contribution is 5.42. The molecule has 0 aromatic carbocycles. The van der Waals surface area contributed by atoms with Crippen LogP contribution in [0, 0.1) is 0 Å². The van der Waals surface area contributed by atoms with Gasteiger partial charge >= 0.3 is 0 Å². The molecular formula is C12H20N4O2. The number of aromatic nitrogens is 2. The molecule has 0 bridgehead atoms. The molecule has 1 aromatic rings. The Morgan fingerprint density at radius 2 is 2.06 bits per heavy atom. The van der Waals surface area contributed by atoms with Crippen LogP contribution in [0.4, 0.5) is 5.82 Å². The van der Waals surface area contributed by atoms with E-state index in [0.717, 1.165) is 11.5 Å². The summed E-state index contributed by atoms with van der Waals surface area (Å²) in [6.45, 7) is 2.07. The van der Waals surface area contributed by atoms with Gasteiger partial charge in [0.05, 0.1) is 11.3 Å². The zero-order valence-corrected chi connectivity index (χ0v) is 10.7. The predicted molar refractivity (Wildman–Crippen MR) is 68.2 cm³/mol. The van der Waals surface area contributed by atoms with Crippen LogP contribution in [0.2, 0.25) is 0 Å². The molecule has 100 valence electrons. The first-order valence-electron chi connectivity index (χ1n) is 6.16. The summed E-state index contributed by atoms with van der Waals surface area (Å²) in [6, 6.07) is 0. The highest BCUT2D eigenvalue weighted by atomic mass is 16.5. The zero-order valence-electron chi connectivity index (χ0n) is 10.7. The van der Waals surface area contributed by atoms with E-state index in [1.54, 1.807) is 12.4 Å². The lowest BCUT2D eigenvalue weighted by atomic mass is 9.94. The van der Waals surface area contributed by atoms with Gasteiger partial charge in [0.1, 0.15) is 0 Å². The number of nitrogens with zero attached hydrogens (tertiary/aromatic N) is 3. The van der Waals surface area contributed by atoms with E-state index >= 15 is 0 Å². The number of hydrogen-bond acceptors (Lipinski definition) is 6. The maximum atomic E-state index is 10.5. The average Bonchev–Trinajstić information content (AvgIpc) is 2.39. The molecule has 6 nitrogen and oxygen atoms in total. The summed E-state index contributed by atoms with van der Waals surface area (Å²) in [5.41, 5.74) is 5.68. The second-order valence-electron chi connectivity index (χ2n) is 4.72. The van der Waals surface area contributed by atoms with Gasteiger partial charge in [0.2, 0.25) is 0 Å². The van der Waals surface area contributed by atoms with E-state index in [1.807, 2.05) is 11.9 Å². The zero-order chi connectivity index (χ0) is 13.0. The Balaban J connectivity index is 2.08. The lowest BCUT2D eigenvalue weighted by Gasteiger charge is -2.36. The Labute approximate surface area is 107 Å². The van der Waals surface area contributed by atoms with E-state index in [4.69, 9.17) is 10.5 Å². The first kappa shape index (κ1) is 13.2. The first-order chi connectivity index (χ1) is 8.64. The summed E-state index contributed by atoms with van der Waals surface area (Å²) in [6.07, 6.45) is 4.56. The van der Waals surface area contributed by atoms with Gasteiger partial charge in [-0.2, -0.15) is 0 Å². The van der Waals surface area contributed by atoms with Gasteiger partial charge in [0.15, 0.2) is 5.82 Å². The van der Waals surface area contributed by atoms with E-state index < -0.39 is 5.60 Å². The van der Waals surface area contributed by atoms with Crippen LogP contribution in [0.15, 0.2) is 12.4 Å². The minimum absolute atomic E-state index is 0.342. The van der Waals surface area contributed by atoms with Crippen molar-refractivity contribution in [3.63, 3.8) is 0 Å². The molecule has 18 heavy (non-hydrogen) atoms. The Morgan fingerprint density at radius 3 is 2.72 bits per heavy atom. The van der Waals surface area contributed by atoms with Crippen molar-refractivity contribution in [1.82, 2.24) is 9.97 Å². The maximum absolute atomic E-state index is 10.5. The standard InChI is InChI=1S/C12H20N4O2/c1-16(9-12(17)2-6-18-7-3-12)11-10(8-13)14-4-5-15-11/h4-5,17H,2-3,6-9,13H2,1H3. The average molecular weight is 252 g/mol. The van der Waals surface area contributed by atoms with Gasteiger partial charge in [0, 0.05) is 58.6 Å². The molecule has 1 saturated heterocycles. The van der Waals surface area contributed by atoms with Crippen molar-refractivity contribution in [2.45, 2.75) is 25.0 Å². The van der Waals surface area contributed by atoms with Gasteiger partial charge in [0.25, 0.3) is 0 Å². The molecule has 6 heteroatoms. The summed E-state index contributed by atoms with van der Waals surface area (Å²) < 4.78 is 5.27. The Hall–Kier alpha value is -1.24. The second-order valence-corrected chi connectivity index (χ2v) is 4.72. The summed E-state index contributed by atoms with van der Waals surface area (Å²) in [7, 11) is 1.90. The lowest BCUT2D eigenvalue weighted by Crippen LogP contribution is -2.46. The molecule has 0 saturated carbocycles. The molecule has 0 radical (unpaired) electrons. The van der Waals surface area contributed by atoms with Gasteiger partial charge in [-0.3, -0.25) is 4.98 Å². The van der Waals surface area contributed by atoms with Crippen LogP contribution in [0.5, 0.6) is 0 Å². The van der Waals surface area contributed by atoms with Gasteiger partial charge < -0.3 is 20.5 Å². The molecule has 2 rings (SSSR count). The van der Waals surface area contributed by atoms with E-state index in [-0.39, 0.29) is 0 Å². The fraction of sp³-hybridized carbons (Fsp3) is 0.667. The molecule has 0 amide bonds. The van der Waals surface area contributed by atoms with Gasteiger partial charge in [-0.1, -0.05) is 0 Å². The molecule has 1 aliphatic heterocycles. The highest BCUT2D eigenvalue weighted by Gasteiger charge is 2.31. The fourth-order valence-corrected chi connectivity index (χ4v) is 2.25. The van der Waals surface area contributed by atoms with Crippen LogP contribution in [0.3, 0.4) is 0 Å². The number of anilines is 1. The minimum atomic E-state index is -0.712. The smallest absolute Gasteiger partial charge is 0.151 e. The molecule has 0 atom stereocenters. The Bertz CT molecular complexity index is 393. The molecular weight excluding hydrogens is 232 g/mol. The predicted octanol–water partition coefficient (Wildman–Crippen LogP) is -0.0870. The molecule has 3 N–H and O–H groups in total. The van der Waals surface area contributed by atoms with Crippen molar-refractivity contribution in [2.24, 2.45) is 5.73 Å². The van der Waals surface area contributed by atoms with Crippen LogP contribution >= 0.6 is 0 Å². The molecule has 1 aliphatic rings. The van der Waals surface area contributed by atoms with Crippen LogP contribution in [0.25, 0.3) is 0 Å². The monoisotopic (exact) mass is 252 g/mol. The third kappa shape index (κ3) is 2.95. The largest absolute Gasteiger partial charge is 0.388 e. The van der Waals surface area contributed by atoms with E-state index in [9.17, 15) is 5.11 Å². The summed E-state index contributed by atoms with van der Waals surface area (Å²) >= 11 is 0. The molecule has 1 aromatic heterocycles. The van der Waals surface area contributed by atoms with Crippen molar-refractivity contribution in [3.8, 4) is 0 Å². The topological polar surface area (TPSA) is 84.5 Å². The van der Waals surface area contributed by atoms with Crippen LogP contribution in [-0.4, -0.2) is 47.5 Å². The highest BCUT2D eigenvalue weighted by Crippen LogP contribution is 2.24. The SMILES string of the molecule is CN(CC1(O)CCOCC1)c1nccnc1CN. The fourth-order valence-electron chi connectivity index (χ4n) is 2.25. The number of hydrogen-bond donors (Lipinski definition) is 2. The van der Waals surface area contributed by atoms with Gasteiger partial charge in [-0.25, -0.2) is 4.98 Å². The van der Waals surface area contributed by atoms with Crippen molar-refractivity contribution >= 4 is 5.82 Å². The van der Waals surface area contributed by atoms with E-state index in [2.05, 4.69) is 9.97 Å². The van der Waals surface area contributed by atoms with E-state index in [1.165, 1.54) is 0 Å². The van der Waals surface area contributed by atoms with Crippen LogP contribution < -0.4 is 10.6 Å². The van der Waals surface area contributed by atoms with Gasteiger partial charge in [-0.05, 0) is 0 Å². The summed E-state index contributed by atoms with van der Waals surface area (Å²) in [5, 5.41) is 10.5. The Kier molecular flexibility index (Phi) is 4.11. The third-order valence-corrected chi connectivity index (χ3v) is 3.26. The minimum Gasteiger partial charge on any atom is -0.388 e. The van der Waals surface area contributed by atoms with Gasteiger partial charge in [-0.15, -0.1) is 0 Å². The summed E-state index contributed by atoms with van der Waals surface area (Å²) in [4.78, 5) is 10.4. The number of rotatable bonds is 4. The number of ether oxygens (including phenoxy) is 1. The second kappa shape index (κ2) is 5.60. The van der Waals surface area contributed by atoms with Crippen molar-refractivity contribution in [2.75, 3.05) is 31.7 Å². The van der Waals surface area contributed by atoms with Crippen molar-refractivity contribution in [3.05, 3.63) is 18.1 Å². The van der Waals surface area contributed by atoms with Crippen molar-refractivity contribution in [1.29, 1.82) is 0 Å². The number of nitrogens with two attached hydrogens (primary N) is 1. The van der Waals surface area contributed by atoms with Crippen LogP contribution in [-0.2, 0) is 11.3 Å². The molecule has 0 unspecified atom stereocenters. The maximum Gasteiger partial charge on any atom is 0.151 e. The quantitative estimate of drug-likeness (QED) is 0.779. The Morgan fingerprint density at radius 1 is 1.39 bits per heavy atom. The number of aliphatic hydroxyl groups is 1. The van der Waals surface area contributed by atoms with Crippen LogP contribution in [0.1, 0.15) is 18.5 Å². The molecule has 0 spiro atoms. The van der Waals surface area contributed by atoms with E-state index in [0.29, 0.717) is 39.1 Å². The normalized spacial score (nSPS) is 18.6. The molecule has 0 aliphatic carbocycles. The van der Waals surface area contributed by atoms with Crippen molar-refractivity contribution < 1.29 is 9.84 Å². The number of likely N-dealkylation sites (N-methyl/N-ethyl adjacent to an activating group) is 1. The third-order valence-electron chi connectivity index (χ3n) is 3.26. The molecule has 1 fully saturated rings. The molecule has 2 heterocycles. The lowest BCUT2D eigenvalue weighted by molar-refractivity contribution is -0.0573. The summed E-state index contributed by atoms with van der Waals surface area (Å²) in [5.74, 6) is 0.736. The first-order valence-corrected chi connectivity index (χ1v) is 6.16.